The number of hydrogen-bond donors (Lipinski definition) is 1. The Kier molecular flexibility index (Phi) is 6.57. The molecule has 1 rings (SSSR count). The van der Waals surface area contributed by atoms with Gasteiger partial charge in [-0.2, -0.15) is 0 Å². The maximum atomic E-state index is 5.05. The molecule has 0 aromatic heterocycles. The summed E-state index contributed by atoms with van der Waals surface area (Å²) in [4.78, 5) is 4.73. The van der Waals surface area contributed by atoms with Gasteiger partial charge in [-0.05, 0) is 25.7 Å². The number of hydrogen-bond acceptors (Lipinski definition) is 2. The predicted molar refractivity (Wildman–Crippen MR) is 48.0 cm³/mol. The van der Waals surface area contributed by atoms with E-state index < -0.39 is 0 Å². The van der Waals surface area contributed by atoms with Gasteiger partial charge in [0.1, 0.15) is 0 Å². The van der Waals surface area contributed by atoms with Crippen molar-refractivity contribution in [1.29, 1.82) is 0 Å². The van der Waals surface area contributed by atoms with Gasteiger partial charge in [-0.3, -0.25) is 0 Å². The first kappa shape index (κ1) is 10.9. The minimum absolute atomic E-state index is 0.271. The summed E-state index contributed by atoms with van der Waals surface area (Å²) in [5.74, 6) is 5.78. The van der Waals surface area contributed by atoms with E-state index in [2.05, 4.69) is 6.92 Å². The van der Waals surface area contributed by atoms with Crippen molar-refractivity contribution in [3.8, 4) is 0 Å². The van der Waals surface area contributed by atoms with Gasteiger partial charge in [-0.15, -0.1) is 0 Å². The summed E-state index contributed by atoms with van der Waals surface area (Å²) >= 11 is 0. The molecular formula is C9H21NO. The molecule has 1 aliphatic carbocycles. The van der Waals surface area contributed by atoms with Crippen molar-refractivity contribution in [3.63, 3.8) is 0 Å². The summed E-state index contributed by atoms with van der Waals surface area (Å²) in [6.07, 6.45) is 5.60. The van der Waals surface area contributed by atoms with Gasteiger partial charge in [0.25, 0.3) is 0 Å². The molecule has 1 unspecified atom stereocenters. The average molecular weight is 159 g/mol. The van der Waals surface area contributed by atoms with E-state index >= 15 is 0 Å². The zero-order valence-corrected chi connectivity index (χ0v) is 7.97. The Labute approximate surface area is 70.1 Å². The Morgan fingerprint density at radius 1 is 1.27 bits per heavy atom. The fourth-order valence-electron chi connectivity index (χ4n) is 1.54. The Morgan fingerprint density at radius 3 is 2.09 bits per heavy atom. The highest BCUT2D eigenvalue weighted by Gasteiger charge is 2.21. The molecule has 68 valence electrons. The van der Waals surface area contributed by atoms with E-state index in [1.165, 1.54) is 25.7 Å². The fraction of sp³-hybridized carbons (Fsp3) is 1.00. The summed E-state index contributed by atoms with van der Waals surface area (Å²) in [5, 5.41) is 0. The van der Waals surface area contributed by atoms with Crippen molar-refractivity contribution in [2.75, 3.05) is 0 Å². The monoisotopic (exact) mass is 159 g/mol. The van der Waals surface area contributed by atoms with Crippen LogP contribution in [0.2, 0.25) is 0 Å². The molecule has 0 heterocycles. The normalized spacial score (nSPS) is 20.7. The van der Waals surface area contributed by atoms with E-state index in [-0.39, 0.29) is 6.10 Å². The van der Waals surface area contributed by atoms with Crippen LogP contribution in [0.25, 0.3) is 0 Å². The van der Waals surface area contributed by atoms with Crippen molar-refractivity contribution in [2.24, 2.45) is 11.8 Å². The number of nitrogens with two attached hydrogens (primary N) is 1. The smallest absolute Gasteiger partial charge is 0.0787 e. The third kappa shape index (κ3) is 3.73. The van der Waals surface area contributed by atoms with Crippen LogP contribution in [0.15, 0.2) is 0 Å². The van der Waals surface area contributed by atoms with Crippen LogP contribution in [0.5, 0.6) is 0 Å². The molecule has 0 aromatic rings. The number of rotatable bonds is 2. The molecular weight excluding hydrogens is 138 g/mol. The van der Waals surface area contributed by atoms with E-state index in [0.29, 0.717) is 0 Å². The van der Waals surface area contributed by atoms with Gasteiger partial charge in [-0.25, -0.2) is 5.90 Å². The van der Waals surface area contributed by atoms with E-state index in [1.807, 2.05) is 13.8 Å². The first-order valence-electron chi connectivity index (χ1n) is 4.70. The second kappa shape index (κ2) is 6.62. The summed E-state index contributed by atoms with van der Waals surface area (Å²) in [5.41, 5.74) is 0. The molecule has 0 amide bonds. The zero-order valence-electron chi connectivity index (χ0n) is 7.97. The van der Waals surface area contributed by atoms with Crippen LogP contribution < -0.4 is 5.90 Å². The molecule has 11 heavy (non-hydrogen) atoms. The van der Waals surface area contributed by atoms with Crippen LogP contribution in [0.1, 0.15) is 46.5 Å². The van der Waals surface area contributed by atoms with Gasteiger partial charge in [0, 0.05) is 0 Å². The minimum atomic E-state index is 0.271. The minimum Gasteiger partial charge on any atom is -0.301 e. The molecule has 2 nitrogen and oxygen atoms in total. The lowest BCUT2D eigenvalue weighted by Gasteiger charge is -2.14. The highest BCUT2D eigenvalue weighted by atomic mass is 16.6. The van der Waals surface area contributed by atoms with Gasteiger partial charge in [0.2, 0.25) is 0 Å². The predicted octanol–water partition coefficient (Wildman–Crippen LogP) is 2.48. The van der Waals surface area contributed by atoms with E-state index in [4.69, 9.17) is 10.7 Å². The van der Waals surface area contributed by atoms with Gasteiger partial charge >= 0.3 is 0 Å². The molecule has 0 bridgehead atoms. The quantitative estimate of drug-likeness (QED) is 0.628. The molecule has 0 spiro atoms. The highest BCUT2D eigenvalue weighted by Crippen LogP contribution is 2.28. The van der Waals surface area contributed by atoms with Crippen LogP contribution in [0.3, 0.4) is 0 Å². The molecule has 1 atom stereocenters. The summed E-state index contributed by atoms with van der Waals surface area (Å²) in [6, 6.07) is 0. The Hall–Kier alpha value is -0.0800. The lowest BCUT2D eigenvalue weighted by Crippen LogP contribution is -2.21. The highest BCUT2D eigenvalue weighted by molar-refractivity contribution is 4.71. The SMILES string of the molecule is CC.CC(ON)C1CCCC1. The van der Waals surface area contributed by atoms with Gasteiger partial charge in [0.05, 0.1) is 6.10 Å². The summed E-state index contributed by atoms with van der Waals surface area (Å²) in [7, 11) is 0. The third-order valence-electron chi connectivity index (χ3n) is 2.28. The van der Waals surface area contributed by atoms with Gasteiger partial charge in [0.15, 0.2) is 0 Å². The Balaban J connectivity index is 0.000000461. The van der Waals surface area contributed by atoms with Crippen molar-refractivity contribution >= 4 is 0 Å². The van der Waals surface area contributed by atoms with Gasteiger partial charge in [-0.1, -0.05) is 26.7 Å². The molecule has 0 saturated heterocycles. The first-order valence-corrected chi connectivity index (χ1v) is 4.70. The topological polar surface area (TPSA) is 35.2 Å². The van der Waals surface area contributed by atoms with Crippen molar-refractivity contribution in [2.45, 2.75) is 52.6 Å². The molecule has 0 aliphatic heterocycles. The first-order chi connectivity index (χ1) is 5.34. The Bertz CT molecular complexity index is 79.6. The standard InChI is InChI=1S/C7H15NO.C2H6/c1-6(9-8)7-4-2-3-5-7;1-2/h6-7H,2-5,8H2,1H3;1-2H3. The van der Waals surface area contributed by atoms with Crippen molar-refractivity contribution in [3.05, 3.63) is 0 Å². The molecule has 2 N–H and O–H groups in total. The molecule has 1 saturated carbocycles. The van der Waals surface area contributed by atoms with E-state index in [9.17, 15) is 0 Å². The van der Waals surface area contributed by atoms with Crippen LogP contribution in [-0.2, 0) is 4.84 Å². The van der Waals surface area contributed by atoms with Gasteiger partial charge < -0.3 is 4.84 Å². The fourth-order valence-corrected chi connectivity index (χ4v) is 1.54. The van der Waals surface area contributed by atoms with E-state index in [0.717, 1.165) is 5.92 Å². The van der Waals surface area contributed by atoms with Crippen molar-refractivity contribution < 1.29 is 4.84 Å². The molecule has 1 fully saturated rings. The molecule has 1 aliphatic rings. The maximum Gasteiger partial charge on any atom is 0.0787 e. The summed E-state index contributed by atoms with van der Waals surface area (Å²) < 4.78 is 0. The van der Waals surface area contributed by atoms with Crippen LogP contribution in [0, 0.1) is 5.92 Å². The summed E-state index contributed by atoms with van der Waals surface area (Å²) in [6.45, 7) is 6.05. The molecule has 0 aromatic carbocycles. The van der Waals surface area contributed by atoms with Crippen LogP contribution in [0.4, 0.5) is 0 Å². The second-order valence-electron chi connectivity index (χ2n) is 2.89. The second-order valence-corrected chi connectivity index (χ2v) is 2.89. The third-order valence-corrected chi connectivity index (χ3v) is 2.28. The largest absolute Gasteiger partial charge is 0.301 e. The lowest BCUT2D eigenvalue weighted by atomic mass is 10.0. The zero-order chi connectivity index (χ0) is 8.69. The average Bonchev–Trinajstić information content (AvgIpc) is 2.59. The molecule has 2 heteroatoms. The lowest BCUT2D eigenvalue weighted by molar-refractivity contribution is 0.0262. The maximum absolute atomic E-state index is 5.05. The Morgan fingerprint density at radius 2 is 1.73 bits per heavy atom. The van der Waals surface area contributed by atoms with E-state index in [1.54, 1.807) is 0 Å². The van der Waals surface area contributed by atoms with Crippen LogP contribution >= 0.6 is 0 Å². The van der Waals surface area contributed by atoms with Crippen LogP contribution in [-0.4, -0.2) is 6.10 Å². The molecule has 0 radical (unpaired) electrons. The van der Waals surface area contributed by atoms with Crippen molar-refractivity contribution in [1.82, 2.24) is 0 Å².